The molecule has 0 aliphatic carbocycles. The van der Waals surface area contributed by atoms with Gasteiger partial charge in [0, 0.05) is 48.4 Å². The second kappa shape index (κ2) is 6.24. The van der Waals surface area contributed by atoms with Gasteiger partial charge in [-0.2, -0.15) is 18.2 Å². The second-order valence-electron chi connectivity index (χ2n) is 6.61. The Kier molecular flexibility index (Phi) is 4.15. The molecule has 2 atom stereocenters. The molecule has 2 amide bonds. The Morgan fingerprint density at radius 2 is 2.00 bits per heavy atom. The van der Waals surface area contributed by atoms with Crippen LogP contribution in [0.25, 0.3) is 5.69 Å². The first-order chi connectivity index (χ1) is 12.3. The molecule has 1 aromatic heterocycles. The molecular weight excluding hydrogens is 365 g/mol. The molecule has 0 bridgehead atoms. The van der Waals surface area contributed by atoms with Gasteiger partial charge in [0.2, 0.25) is 0 Å². The van der Waals surface area contributed by atoms with E-state index in [-0.39, 0.29) is 6.03 Å². The molecule has 5 nitrogen and oxygen atoms in total. The average molecular weight is 382 g/mol. The van der Waals surface area contributed by atoms with Crippen LogP contribution in [-0.2, 0) is 6.18 Å². The Labute approximate surface area is 151 Å². The average Bonchev–Trinajstić information content (AvgIpc) is 3.07. The van der Waals surface area contributed by atoms with Gasteiger partial charge in [0.1, 0.15) is 0 Å². The minimum Gasteiger partial charge on any atom is -0.321 e. The molecule has 26 heavy (non-hydrogen) atoms. The first kappa shape index (κ1) is 17.3. The molecule has 2 aromatic rings. The van der Waals surface area contributed by atoms with E-state index in [9.17, 15) is 18.0 Å². The van der Waals surface area contributed by atoms with Crippen molar-refractivity contribution in [3.05, 3.63) is 45.7 Å². The number of hydrogen-bond donors (Lipinski definition) is 1. The lowest BCUT2D eigenvalue weighted by atomic mass is 9.96. The highest BCUT2D eigenvalue weighted by atomic mass is 32.1. The molecule has 2 aliphatic heterocycles. The van der Waals surface area contributed by atoms with E-state index >= 15 is 0 Å². The lowest BCUT2D eigenvalue weighted by Gasteiger charge is -2.29. The molecule has 1 N–H and O–H groups in total. The summed E-state index contributed by atoms with van der Waals surface area (Å²) in [4.78, 5) is 19.8. The fourth-order valence-electron chi connectivity index (χ4n) is 3.29. The number of amides is 2. The molecular formula is C17H17F3N4OS. The van der Waals surface area contributed by atoms with E-state index in [2.05, 4.69) is 10.3 Å². The topological polar surface area (TPSA) is 49.6 Å². The van der Waals surface area contributed by atoms with Gasteiger partial charge in [0.25, 0.3) is 0 Å². The zero-order chi connectivity index (χ0) is 18.5. The summed E-state index contributed by atoms with van der Waals surface area (Å²) >= 11 is 1.33. The van der Waals surface area contributed by atoms with Gasteiger partial charge in [-0.25, -0.2) is 4.79 Å². The van der Waals surface area contributed by atoms with E-state index in [1.54, 1.807) is 15.7 Å². The van der Waals surface area contributed by atoms with Crippen molar-refractivity contribution in [1.29, 1.82) is 0 Å². The van der Waals surface area contributed by atoms with Crippen molar-refractivity contribution >= 4 is 17.4 Å². The Bertz CT molecular complexity index is 888. The van der Waals surface area contributed by atoms with Gasteiger partial charge in [-0.3, -0.25) is 4.57 Å². The van der Waals surface area contributed by atoms with Crippen molar-refractivity contribution in [3.8, 4) is 5.69 Å². The summed E-state index contributed by atoms with van der Waals surface area (Å²) in [5.41, 5.74) is -0.166. The van der Waals surface area contributed by atoms with Crippen LogP contribution in [0, 0.1) is 12.8 Å². The van der Waals surface area contributed by atoms with Crippen molar-refractivity contribution in [2.45, 2.75) is 19.1 Å². The number of aromatic nitrogens is 1. The van der Waals surface area contributed by atoms with Crippen LogP contribution in [0.2, 0.25) is 0 Å². The van der Waals surface area contributed by atoms with Gasteiger partial charge in [-0.15, -0.1) is 11.3 Å². The second-order valence-corrected chi connectivity index (χ2v) is 7.83. The van der Waals surface area contributed by atoms with Crippen LogP contribution < -0.4 is 10.1 Å². The van der Waals surface area contributed by atoms with E-state index < -0.39 is 11.7 Å². The third-order valence-electron chi connectivity index (χ3n) is 4.79. The third kappa shape index (κ3) is 3.16. The number of fused-ring (bicyclic) bond motifs is 1. The summed E-state index contributed by atoms with van der Waals surface area (Å²) in [6.07, 6.45) is -2.60. The predicted octanol–water partition coefficient (Wildman–Crippen LogP) is 2.79. The summed E-state index contributed by atoms with van der Waals surface area (Å²) in [5, 5.41) is 3.28. The Hall–Kier alpha value is -2.13. The number of thiazole rings is 1. The molecule has 2 aliphatic rings. The number of benzene rings is 1. The molecule has 3 heterocycles. The maximum absolute atomic E-state index is 12.7. The monoisotopic (exact) mass is 382 g/mol. The van der Waals surface area contributed by atoms with Crippen LogP contribution in [0.1, 0.15) is 10.4 Å². The molecule has 0 radical (unpaired) electrons. The fourth-order valence-corrected chi connectivity index (χ4v) is 4.12. The van der Waals surface area contributed by atoms with Gasteiger partial charge in [-0.05, 0) is 31.2 Å². The normalized spacial score (nSPS) is 23.1. The van der Waals surface area contributed by atoms with Crippen molar-refractivity contribution in [3.63, 3.8) is 0 Å². The highest BCUT2D eigenvalue weighted by Crippen LogP contribution is 2.29. The standard InChI is InChI=1S/C17H17F3N4OS/c1-10-7-24(13-4-2-12(3-5-13)17(18,19)20)16(26-10)22-15(25)23-8-11-6-21-14(11)9-23/h2-5,7,11,14,21H,6,8-9H2,1H3/t11-,14?/m1/s1. The van der Waals surface area contributed by atoms with E-state index in [0.29, 0.717) is 35.5 Å². The van der Waals surface area contributed by atoms with E-state index in [4.69, 9.17) is 0 Å². The Morgan fingerprint density at radius 1 is 1.27 bits per heavy atom. The predicted molar refractivity (Wildman–Crippen MR) is 91.2 cm³/mol. The number of hydrogen-bond acceptors (Lipinski definition) is 3. The first-order valence-corrected chi connectivity index (χ1v) is 9.06. The minimum absolute atomic E-state index is 0.302. The highest BCUT2D eigenvalue weighted by molar-refractivity contribution is 7.09. The van der Waals surface area contributed by atoms with E-state index in [1.807, 2.05) is 6.92 Å². The van der Waals surface area contributed by atoms with Crippen LogP contribution in [0.15, 0.2) is 35.5 Å². The number of aryl methyl sites for hydroxylation is 1. The Morgan fingerprint density at radius 3 is 2.54 bits per heavy atom. The van der Waals surface area contributed by atoms with Gasteiger partial charge >= 0.3 is 12.2 Å². The first-order valence-electron chi connectivity index (χ1n) is 8.25. The van der Waals surface area contributed by atoms with E-state index in [1.165, 1.54) is 23.5 Å². The lowest BCUT2D eigenvalue weighted by Crippen LogP contribution is -2.51. The SMILES string of the molecule is Cc1cn(-c2ccc(C(F)(F)F)cc2)c(=NC(=O)N2CC3NC[C@@H]3C2)s1. The summed E-state index contributed by atoms with van der Waals surface area (Å²) in [5.74, 6) is 0.501. The van der Waals surface area contributed by atoms with Crippen LogP contribution in [0.4, 0.5) is 18.0 Å². The van der Waals surface area contributed by atoms with Crippen molar-refractivity contribution in [2.75, 3.05) is 19.6 Å². The lowest BCUT2D eigenvalue weighted by molar-refractivity contribution is -0.137. The zero-order valence-corrected chi connectivity index (χ0v) is 14.8. The molecule has 9 heteroatoms. The summed E-state index contributed by atoms with van der Waals surface area (Å²) in [6.45, 7) is 4.15. The van der Waals surface area contributed by atoms with Crippen molar-refractivity contribution in [1.82, 2.24) is 14.8 Å². The molecule has 0 saturated carbocycles. The molecule has 2 saturated heterocycles. The number of urea groups is 1. The van der Waals surface area contributed by atoms with Crippen molar-refractivity contribution in [2.24, 2.45) is 10.9 Å². The third-order valence-corrected chi connectivity index (χ3v) is 5.69. The molecule has 4 rings (SSSR count). The summed E-state index contributed by atoms with van der Waals surface area (Å²) in [6, 6.07) is 4.90. The molecule has 1 aromatic carbocycles. The van der Waals surface area contributed by atoms with Gasteiger partial charge in [-0.1, -0.05) is 0 Å². The highest BCUT2D eigenvalue weighted by Gasteiger charge is 2.40. The smallest absolute Gasteiger partial charge is 0.321 e. The number of carbonyl (C=O) groups excluding carboxylic acids is 1. The number of alkyl halides is 3. The maximum atomic E-state index is 12.7. The summed E-state index contributed by atoms with van der Waals surface area (Å²) in [7, 11) is 0. The zero-order valence-electron chi connectivity index (χ0n) is 14.0. The number of nitrogens with one attached hydrogen (secondary N) is 1. The maximum Gasteiger partial charge on any atom is 0.416 e. The number of halogens is 3. The van der Waals surface area contributed by atoms with Crippen LogP contribution >= 0.6 is 11.3 Å². The van der Waals surface area contributed by atoms with Gasteiger partial charge < -0.3 is 10.2 Å². The number of likely N-dealkylation sites (tertiary alicyclic amines) is 1. The minimum atomic E-state index is -4.37. The van der Waals surface area contributed by atoms with Crippen LogP contribution in [0.3, 0.4) is 0 Å². The quantitative estimate of drug-likeness (QED) is 0.825. The number of carbonyl (C=O) groups is 1. The number of nitrogens with zero attached hydrogens (tertiary/aromatic N) is 3. The summed E-state index contributed by atoms with van der Waals surface area (Å²) < 4.78 is 39.9. The molecule has 1 unspecified atom stereocenters. The number of rotatable bonds is 1. The molecule has 138 valence electrons. The fraction of sp³-hybridized carbons (Fsp3) is 0.412. The molecule has 2 fully saturated rings. The van der Waals surface area contributed by atoms with Crippen LogP contribution in [0.5, 0.6) is 0 Å². The van der Waals surface area contributed by atoms with Crippen LogP contribution in [-0.4, -0.2) is 41.2 Å². The van der Waals surface area contributed by atoms with Crippen molar-refractivity contribution < 1.29 is 18.0 Å². The Balaban J connectivity index is 1.63. The molecule has 0 spiro atoms. The van der Waals surface area contributed by atoms with E-state index in [0.717, 1.165) is 23.6 Å². The largest absolute Gasteiger partial charge is 0.416 e. The van der Waals surface area contributed by atoms with Gasteiger partial charge in [0.15, 0.2) is 4.80 Å². The van der Waals surface area contributed by atoms with Gasteiger partial charge in [0.05, 0.1) is 5.56 Å².